The van der Waals surface area contributed by atoms with E-state index in [0.717, 1.165) is 12.8 Å². The summed E-state index contributed by atoms with van der Waals surface area (Å²) in [7, 11) is 0. The maximum absolute atomic E-state index is 4.16. The lowest BCUT2D eigenvalue weighted by Gasteiger charge is -2.08. The molecule has 0 radical (unpaired) electrons. The number of hydrogen-bond acceptors (Lipinski definition) is 0. The van der Waals surface area contributed by atoms with E-state index in [0.29, 0.717) is 0 Å². The fourth-order valence-electron chi connectivity index (χ4n) is 1.97. The van der Waals surface area contributed by atoms with E-state index in [9.17, 15) is 0 Å². The molecule has 0 bridgehead atoms. The van der Waals surface area contributed by atoms with Gasteiger partial charge in [0.25, 0.3) is 0 Å². The molecule has 15 heavy (non-hydrogen) atoms. The van der Waals surface area contributed by atoms with Gasteiger partial charge in [-0.3, -0.25) is 0 Å². The fraction of sp³-hybridized carbons (Fsp3) is 0.200. The zero-order valence-electron chi connectivity index (χ0n) is 9.16. The van der Waals surface area contributed by atoms with Gasteiger partial charge in [-0.1, -0.05) is 62.4 Å². The number of allylic oxidation sites excluding steroid dienone is 1. The van der Waals surface area contributed by atoms with Crippen LogP contribution in [0.5, 0.6) is 0 Å². The molecule has 0 atom stereocenters. The van der Waals surface area contributed by atoms with E-state index in [1.807, 2.05) is 0 Å². The highest BCUT2D eigenvalue weighted by molar-refractivity contribution is 5.93. The average Bonchev–Trinajstić information content (AvgIpc) is 2.28. The first-order valence-corrected chi connectivity index (χ1v) is 5.49. The summed E-state index contributed by atoms with van der Waals surface area (Å²) < 4.78 is 0. The zero-order valence-corrected chi connectivity index (χ0v) is 9.16. The summed E-state index contributed by atoms with van der Waals surface area (Å²) in [5.41, 5.74) is 2.55. The van der Waals surface area contributed by atoms with Gasteiger partial charge in [0.05, 0.1) is 0 Å². The van der Waals surface area contributed by atoms with E-state index in [2.05, 4.69) is 56.0 Å². The highest BCUT2D eigenvalue weighted by Crippen LogP contribution is 2.26. The molecule has 0 fully saturated rings. The predicted octanol–water partition coefficient (Wildman–Crippen LogP) is 4.65. The van der Waals surface area contributed by atoms with Gasteiger partial charge in [-0.2, -0.15) is 0 Å². The van der Waals surface area contributed by atoms with Crippen LogP contribution in [0.1, 0.15) is 25.3 Å². The van der Waals surface area contributed by atoms with Crippen LogP contribution in [0.25, 0.3) is 16.3 Å². The Morgan fingerprint density at radius 3 is 2.60 bits per heavy atom. The summed E-state index contributed by atoms with van der Waals surface area (Å²) in [5.74, 6) is 0. The van der Waals surface area contributed by atoms with Crippen molar-refractivity contribution in [3.8, 4) is 0 Å². The number of hydrogen-bond donors (Lipinski definition) is 0. The molecule has 2 rings (SSSR count). The van der Waals surface area contributed by atoms with Gasteiger partial charge in [-0.25, -0.2) is 0 Å². The number of benzene rings is 2. The van der Waals surface area contributed by atoms with Crippen molar-refractivity contribution < 1.29 is 0 Å². The third kappa shape index (κ3) is 1.94. The van der Waals surface area contributed by atoms with Crippen molar-refractivity contribution in [2.75, 3.05) is 0 Å². The highest BCUT2D eigenvalue weighted by atomic mass is 14.1. The van der Waals surface area contributed by atoms with Gasteiger partial charge >= 0.3 is 0 Å². The Kier molecular flexibility index (Phi) is 2.86. The van der Waals surface area contributed by atoms with Gasteiger partial charge in [-0.05, 0) is 28.3 Å². The maximum Gasteiger partial charge on any atom is -0.0109 e. The standard InChI is InChI=1S/C15H16/c1-3-7-12(2)14-11-6-9-13-8-4-5-10-15(13)14/h4-6,8-11H,2-3,7H2,1H3. The molecular weight excluding hydrogens is 180 g/mol. The smallest absolute Gasteiger partial charge is 0.0109 e. The molecule has 0 unspecified atom stereocenters. The van der Waals surface area contributed by atoms with Gasteiger partial charge in [-0.15, -0.1) is 0 Å². The minimum atomic E-state index is 1.08. The molecule has 0 aliphatic heterocycles. The molecule has 0 nitrogen and oxygen atoms in total. The fourth-order valence-corrected chi connectivity index (χ4v) is 1.97. The van der Waals surface area contributed by atoms with Crippen LogP contribution < -0.4 is 0 Å². The van der Waals surface area contributed by atoms with E-state index in [1.165, 1.54) is 21.9 Å². The van der Waals surface area contributed by atoms with Gasteiger partial charge in [0.15, 0.2) is 0 Å². The third-order valence-corrected chi connectivity index (χ3v) is 2.72. The molecule has 0 heterocycles. The molecule has 0 spiro atoms. The quantitative estimate of drug-likeness (QED) is 0.670. The van der Waals surface area contributed by atoms with Crippen molar-refractivity contribution in [1.29, 1.82) is 0 Å². The number of rotatable bonds is 3. The first-order chi connectivity index (χ1) is 7.33. The lowest BCUT2D eigenvalue weighted by molar-refractivity contribution is 0.976. The monoisotopic (exact) mass is 196 g/mol. The Morgan fingerprint density at radius 1 is 1.07 bits per heavy atom. The van der Waals surface area contributed by atoms with Crippen LogP contribution in [-0.2, 0) is 0 Å². The predicted molar refractivity (Wildman–Crippen MR) is 67.9 cm³/mol. The lowest BCUT2D eigenvalue weighted by atomic mass is 9.97. The molecule has 0 amide bonds. The van der Waals surface area contributed by atoms with Crippen molar-refractivity contribution >= 4 is 16.3 Å². The average molecular weight is 196 g/mol. The van der Waals surface area contributed by atoms with Crippen LogP contribution in [0.3, 0.4) is 0 Å². The van der Waals surface area contributed by atoms with Crippen molar-refractivity contribution in [2.24, 2.45) is 0 Å². The second-order valence-corrected chi connectivity index (χ2v) is 3.88. The largest absolute Gasteiger partial charge is 0.0952 e. The summed E-state index contributed by atoms with van der Waals surface area (Å²) in [4.78, 5) is 0. The highest BCUT2D eigenvalue weighted by Gasteiger charge is 2.02. The molecule has 0 saturated heterocycles. The second kappa shape index (κ2) is 4.31. The van der Waals surface area contributed by atoms with E-state index in [-0.39, 0.29) is 0 Å². The molecule has 2 aromatic rings. The van der Waals surface area contributed by atoms with Gasteiger partial charge in [0.2, 0.25) is 0 Å². The van der Waals surface area contributed by atoms with Crippen LogP contribution in [0, 0.1) is 0 Å². The lowest BCUT2D eigenvalue weighted by Crippen LogP contribution is -1.85. The number of fused-ring (bicyclic) bond motifs is 1. The van der Waals surface area contributed by atoms with Crippen molar-refractivity contribution in [3.63, 3.8) is 0 Å². The summed E-state index contributed by atoms with van der Waals surface area (Å²) in [6.45, 7) is 6.36. The first-order valence-electron chi connectivity index (χ1n) is 5.49. The molecular formula is C15H16. The SMILES string of the molecule is C=C(CCC)c1cccc2ccccc12. The minimum Gasteiger partial charge on any atom is -0.0952 e. The Bertz CT molecular complexity index is 475. The van der Waals surface area contributed by atoms with Gasteiger partial charge in [0.1, 0.15) is 0 Å². The van der Waals surface area contributed by atoms with Gasteiger partial charge < -0.3 is 0 Å². The van der Waals surface area contributed by atoms with Crippen molar-refractivity contribution in [1.82, 2.24) is 0 Å². The molecule has 0 aliphatic rings. The van der Waals surface area contributed by atoms with E-state index in [1.54, 1.807) is 0 Å². The molecule has 2 aromatic carbocycles. The zero-order chi connectivity index (χ0) is 10.7. The molecule has 0 aliphatic carbocycles. The third-order valence-electron chi connectivity index (χ3n) is 2.72. The van der Waals surface area contributed by atoms with Crippen LogP contribution in [-0.4, -0.2) is 0 Å². The van der Waals surface area contributed by atoms with Crippen molar-refractivity contribution in [3.05, 3.63) is 54.6 Å². The van der Waals surface area contributed by atoms with Crippen LogP contribution in [0.4, 0.5) is 0 Å². The van der Waals surface area contributed by atoms with Crippen molar-refractivity contribution in [2.45, 2.75) is 19.8 Å². The summed E-state index contributed by atoms with van der Waals surface area (Å²) >= 11 is 0. The first kappa shape index (κ1) is 9.97. The van der Waals surface area contributed by atoms with Crippen LogP contribution in [0.15, 0.2) is 49.0 Å². The Labute approximate surface area is 91.2 Å². The Hall–Kier alpha value is -1.56. The van der Waals surface area contributed by atoms with E-state index >= 15 is 0 Å². The molecule has 76 valence electrons. The minimum absolute atomic E-state index is 1.08. The normalized spacial score (nSPS) is 10.5. The molecule has 0 saturated carbocycles. The molecule has 0 N–H and O–H groups in total. The molecule has 0 aromatic heterocycles. The Morgan fingerprint density at radius 2 is 1.80 bits per heavy atom. The Balaban J connectivity index is 2.56. The summed E-state index contributed by atoms with van der Waals surface area (Å²) in [6.07, 6.45) is 2.23. The second-order valence-electron chi connectivity index (χ2n) is 3.88. The van der Waals surface area contributed by atoms with Crippen LogP contribution in [0.2, 0.25) is 0 Å². The van der Waals surface area contributed by atoms with Crippen LogP contribution >= 0.6 is 0 Å². The summed E-state index contributed by atoms with van der Waals surface area (Å²) in [5, 5.41) is 2.62. The maximum atomic E-state index is 4.16. The van der Waals surface area contributed by atoms with Gasteiger partial charge in [0, 0.05) is 0 Å². The topological polar surface area (TPSA) is 0 Å². The van der Waals surface area contributed by atoms with E-state index in [4.69, 9.17) is 0 Å². The summed E-state index contributed by atoms with van der Waals surface area (Å²) in [6, 6.07) is 14.9. The molecule has 0 heteroatoms. The van der Waals surface area contributed by atoms with E-state index < -0.39 is 0 Å².